The van der Waals surface area contributed by atoms with Crippen LogP contribution in [0.15, 0.2) is 24.3 Å². The molecule has 0 spiro atoms. The lowest BCUT2D eigenvalue weighted by atomic mass is 10.1. The van der Waals surface area contributed by atoms with E-state index in [1.54, 1.807) is 0 Å². The Balaban J connectivity index is 2.11. The van der Waals surface area contributed by atoms with Crippen LogP contribution in [0.4, 0.5) is 0 Å². The van der Waals surface area contributed by atoms with Crippen molar-refractivity contribution in [2.45, 2.75) is 32.7 Å². The molecule has 4 nitrogen and oxygen atoms in total. The number of hydrogen-bond acceptors (Lipinski definition) is 3. The molecule has 1 unspecified atom stereocenters. The Bertz CT molecular complexity index is 574. The van der Waals surface area contributed by atoms with Crippen LogP contribution in [0.3, 0.4) is 0 Å². The fourth-order valence-corrected chi connectivity index (χ4v) is 2.44. The maximum Gasteiger partial charge on any atom is 0.140 e. The van der Waals surface area contributed by atoms with Gasteiger partial charge in [0, 0.05) is 24.9 Å². The van der Waals surface area contributed by atoms with Gasteiger partial charge in [0.05, 0.1) is 17.6 Å². The van der Waals surface area contributed by atoms with Gasteiger partial charge >= 0.3 is 0 Å². The second-order valence-electron chi connectivity index (χ2n) is 4.97. The number of nitrogens with one attached hydrogen (secondary N) is 1. The summed E-state index contributed by atoms with van der Waals surface area (Å²) in [6.45, 7) is 4.98. The topological polar surface area (TPSA) is 46.9 Å². The van der Waals surface area contributed by atoms with Gasteiger partial charge in [-0.2, -0.15) is 5.10 Å². The van der Waals surface area contributed by atoms with Gasteiger partial charge in [0.15, 0.2) is 0 Å². The van der Waals surface area contributed by atoms with Crippen LogP contribution >= 0.6 is 0 Å². The molecule has 0 saturated carbocycles. The highest BCUT2D eigenvalue weighted by atomic mass is 16.1. The first-order chi connectivity index (χ1) is 9.11. The first-order valence-corrected chi connectivity index (χ1v) is 6.77. The molecular weight excluding hydrogens is 238 g/mol. The molecule has 0 bridgehead atoms. The van der Waals surface area contributed by atoms with Gasteiger partial charge in [0.2, 0.25) is 0 Å². The number of hydrogen-bond donors (Lipinski definition) is 1. The molecule has 2 aromatic rings. The molecular formula is C15H21N3O. The molecule has 4 heteroatoms. The van der Waals surface area contributed by atoms with Crippen molar-refractivity contribution in [3.05, 3.63) is 30.0 Å². The fraction of sp³-hybridized carbons (Fsp3) is 0.467. The molecule has 0 saturated heterocycles. The number of carbonyl (C=O) groups is 1. The molecule has 0 aliphatic heterocycles. The van der Waals surface area contributed by atoms with Crippen LogP contribution in [0.2, 0.25) is 0 Å². The summed E-state index contributed by atoms with van der Waals surface area (Å²) in [4.78, 5) is 12.1. The zero-order valence-corrected chi connectivity index (χ0v) is 11.8. The molecule has 1 N–H and O–H groups in total. The second kappa shape index (κ2) is 5.97. The van der Waals surface area contributed by atoms with Crippen LogP contribution in [-0.2, 0) is 18.3 Å². The second-order valence-corrected chi connectivity index (χ2v) is 4.97. The average Bonchev–Trinajstić information content (AvgIpc) is 2.67. The van der Waals surface area contributed by atoms with Gasteiger partial charge in [-0.3, -0.25) is 9.48 Å². The Morgan fingerprint density at radius 3 is 2.89 bits per heavy atom. The Morgan fingerprint density at radius 1 is 1.42 bits per heavy atom. The molecule has 0 aliphatic carbocycles. The lowest BCUT2D eigenvalue weighted by Gasteiger charge is -2.10. The molecule has 1 heterocycles. The fourth-order valence-electron chi connectivity index (χ4n) is 2.44. The van der Waals surface area contributed by atoms with Crippen molar-refractivity contribution in [2.75, 3.05) is 6.54 Å². The van der Waals surface area contributed by atoms with Crippen LogP contribution in [-0.4, -0.2) is 28.2 Å². The number of Topliss-reactive ketones (excluding diaryl/α,β-unsaturated/α-hetero) is 1. The number of ketones is 1. The van der Waals surface area contributed by atoms with Crippen LogP contribution in [0.25, 0.3) is 10.9 Å². The molecule has 0 radical (unpaired) electrons. The van der Waals surface area contributed by atoms with Gasteiger partial charge in [-0.1, -0.05) is 25.1 Å². The zero-order chi connectivity index (χ0) is 13.8. The minimum atomic E-state index is 0.229. The quantitative estimate of drug-likeness (QED) is 0.864. The summed E-state index contributed by atoms with van der Waals surface area (Å²) in [5, 5.41) is 8.79. The highest BCUT2D eigenvalue weighted by Crippen LogP contribution is 2.18. The standard InChI is InChI=1S/C15H21N3O/c1-4-16-11(2)9-12(19)10-14-13-7-5-6-8-15(13)18(3)17-14/h5-8,11,16H,4,9-10H2,1-3H3. The molecule has 102 valence electrons. The molecule has 19 heavy (non-hydrogen) atoms. The Morgan fingerprint density at radius 2 is 2.16 bits per heavy atom. The number of nitrogens with zero attached hydrogens (tertiary/aromatic N) is 2. The molecule has 1 atom stereocenters. The van der Waals surface area contributed by atoms with Crippen LogP contribution < -0.4 is 5.32 Å². The zero-order valence-electron chi connectivity index (χ0n) is 11.8. The van der Waals surface area contributed by atoms with Crippen molar-refractivity contribution in [1.29, 1.82) is 0 Å². The number of fused-ring (bicyclic) bond motifs is 1. The highest BCUT2D eigenvalue weighted by Gasteiger charge is 2.14. The van der Waals surface area contributed by atoms with E-state index in [-0.39, 0.29) is 11.8 Å². The van der Waals surface area contributed by atoms with Gasteiger partial charge in [-0.25, -0.2) is 0 Å². The van der Waals surface area contributed by atoms with Gasteiger partial charge in [0.25, 0.3) is 0 Å². The van der Waals surface area contributed by atoms with Crippen molar-refractivity contribution in [3.8, 4) is 0 Å². The highest BCUT2D eigenvalue weighted by molar-refractivity contribution is 5.88. The SMILES string of the molecule is CCNC(C)CC(=O)Cc1nn(C)c2ccccc12. The van der Waals surface area contributed by atoms with Crippen molar-refractivity contribution < 1.29 is 4.79 Å². The van der Waals surface area contributed by atoms with E-state index in [1.807, 2.05) is 49.8 Å². The van der Waals surface area contributed by atoms with Gasteiger partial charge in [-0.05, 0) is 19.5 Å². The minimum absolute atomic E-state index is 0.229. The minimum Gasteiger partial charge on any atom is -0.314 e. The van der Waals surface area contributed by atoms with Gasteiger partial charge in [0.1, 0.15) is 5.78 Å². The first kappa shape index (κ1) is 13.7. The third-order valence-electron chi connectivity index (χ3n) is 3.29. The van der Waals surface area contributed by atoms with E-state index < -0.39 is 0 Å². The summed E-state index contributed by atoms with van der Waals surface area (Å²) in [7, 11) is 1.91. The van der Waals surface area contributed by atoms with Crippen molar-refractivity contribution in [3.63, 3.8) is 0 Å². The Labute approximate surface area is 113 Å². The monoisotopic (exact) mass is 259 g/mol. The predicted octanol–water partition coefficient (Wildman–Crippen LogP) is 2.07. The van der Waals surface area contributed by atoms with Crippen molar-refractivity contribution in [1.82, 2.24) is 15.1 Å². The molecule has 0 amide bonds. The molecule has 2 rings (SSSR count). The number of rotatable bonds is 6. The lowest BCUT2D eigenvalue weighted by molar-refractivity contribution is -0.118. The lowest BCUT2D eigenvalue weighted by Crippen LogP contribution is -2.28. The summed E-state index contributed by atoms with van der Waals surface area (Å²) in [6, 6.07) is 8.26. The summed E-state index contributed by atoms with van der Waals surface area (Å²) in [5.41, 5.74) is 1.96. The summed E-state index contributed by atoms with van der Waals surface area (Å²) in [5.74, 6) is 0.234. The smallest absolute Gasteiger partial charge is 0.140 e. The summed E-state index contributed by atoms with van der Waals surface area (Å²) >= 11 is 0. The van der Waals surface area contributed by atoms with Crippen LogP contribution in [0, 0.1) is 0 Å². The average molecular weight is 259 g/mol. The van der Waals surface area contributed by atoms with E-state index in [1.165, 1.54) is 0 Å². The largest absolute Gasteiger partial charge is 0.314 e. The van der Waals surface area contributed by atoms with E-state index in [2.05, 4.69) is 10.4 Å². The van der Waals surface area contributed by atoms with Crippen molar-refractivity contribution >= 4 is 16.7 Å². The normalized spacial score (nSPS) is 12.8. The Kier molecular flexibility index (Phi) is 4.32. The number of aryl methyl sites for hydroxylation is 1. The van der Waals surface area contributed by atoms with E-state index >= 15 is 0 Å². The maximum atomic E-state index is 12.1. The number of para-hydroxylation sites is 1. The van der Waals surface area contributed by atoms with Crippen molar-refractivity contribution in [2.24, 2.45) is 7.05 Å². The molecule has 0 aliphatic rings. The van der Waals surface area contributed by atoms with Crippen LogP contribution in [0.5, 0.6) is 0 Å². The molecule has 1 aromatic heterocycles. The van der Waals surface area contributed by atoms with Gasteiger partial charge < -0.3 is 5.32 Å². The third kappa shape index (κ3) is 3.20. The van der Waals surface area contributed by atoms with E-state index in [0.717, 1.165) is 23.1 Å². The van der Waals surface area contributed by atoms with E-state index in [4.69, 9.17) is 0 Å². The summed E-state index contributed by atoms with van der Waals surface area (Å²) < 4.78 is 1.84. The summed E-state index contributed by atoms with van der Waals surface area (Å²) in [6.07, 6.45) is 0.968. The molecule has 0 fully saturated rings. The number of benzene rings is 1. The maximum absolute atomic E-state index is 12.1. The Hall–Kier alpha value is -1.68. The number of aromatic nitrogens is 2. The molecule has 1 aromatic carbocycles. The first-order valence-electron chi connectivity index (χ1n) is 6.77. The number of carbonyl (C=O) groups excluding carboxylic acids is 1. The van der Waals surface area contributed by atoms with E-state index in [9.17, 15) is 4.79 Å². The van der Waals surface area contributed by atoms with Gasteiger partial charge in [-0.15, -0.1) is 0 Å². The predicted molar refractivity (Wildman–Crippen MR) is 77.2 cm³/mol. The van der Waals surface area contributed by atoms with E-state index in [0.29, 0.717) is 12.8 Å². The third-order valence-corrected chi connectivity index (χ3v) is 3.29. The van der Waals surface area contributed by atoms with Crippen LogP contribution in [0.1, 0.15) is 26.0 Å².